The maximum absolute atomic E-state index is 6.23. The van der Waals surface area contributed by atoms with Gasteiger partial charge in [0.05, 0.1) is 5.69 Å². The van der Waals surface area contributed by atoms with Crippen LogP contribution in [-0.2, 0) is 13.0 Å². The molecule has 126 valence electrons. The van der Waals surface area contributed by atoms with E-state index in [1.165, 1.54) is 4.88 Å². The van der Waals surface area contributed by atoms with E-state index < -0.39 is 0 Å². The molecule has 0 aromatic carbocycles. The first kappa shape index (κ1) is 17.0. The minimum atomic E-state index is 0.00701. The van der Waals surface area contributed by atoms with Crippen molar-refractivity contribution in [2.75, 3.05) is 5.32 Å². The topological polar surface area (TPSA) is 64.1 Å². The number of pyridine rings is 1. The van der Waals surface area contributed by atoms with Crippen molar-refractivity contribution in [1.82, 2.24) is 4.98 Å². The smallest absolute Gasteiger partial charge is 0.176 e. The van der Waals surface area contributed by atoms with E-state index in [1.807, 2.05) is 32.1 Å². The fourth-order valence-corrected chi connectivity index (χ4v) is 3.45. The van der Waals surface area contributed by atoms with Crippen LogP contribution < -0.4 is 11.1 Å². The summed E-state index contributed by atoms with van der Waals surface area (Å²) in [5.41, 5.74) is 9.25. The number of halogens is 1. The predicted octanol–water partition coefficient (Wildman–Crippen LogP) is 5.08. The fourth-order valence-electron chi connectivity index (χ4n) is 2.61. The molecule has 0 unspecified atom stereocenters. The molecular formula is C18H20ClN3OS. The summed E-state index contributed by atoms with van der Waals surface area (Å²) in [6, 6.07) is 5.93. The van der Waals surface area contributed by atoms with Gasteiger partial charge < -0.3 is 15.5 Å². The van der Waals surface area contributed by atoms with E-state index in [0.717, 1.165) is 34.7 Å². The maximum atomic E-state index is 6.23. The highest BCUT2D eigenvalue weighted by molar-refractivity contribution is 7.09. The highest BCUT2D eigenvalue weighted by atomic mass is 35.5. The Morgan fingerprint density at radius 3 is 3.00 bits per heavy atom. The summed E-state index contributed by atoms with van der Waals surface area (Å²) in [5.74, 6) is 0.840. The first-order chi connectivity index (χ1) is 11.6. The Labute approximate surface area is 150 Å². The molecule has 6 heteroatoms. The number of hydrogen-bond acceptors (Lipinski definition) is 5. The lowest BCUT2D eigenvalue weighted by molar-refractivity contribution is 0.524. The monoisotopic (exact) mass is 361 g/mol. The number of allylic oxidation sites excluding steroid dienone is 1. The lowest BCUT2D eigenvalue weighted by atomic mass is 10.1. The van der Waals surface area contributed by atoms with Gasteiger partial charge in [-0.25, -0.2) is 4.98 Å². The molecule has 0 amide bonds. The minimum Gasteiger partial charge on any atom is -0.456 e. The van der Waals surface area contributed by atoms with Crippen LogP contribution in [0.3, 0.4) is 0 Å². The number of fused-ring (bicyclic) bond motifs is 1. The highest BCUT2D eigenvalue weighted by Crippen LogP contribution is 2.34. The largest absolute Gasteiger partial charge is 0.456 e. The first-order valence-electron chi connectivity index (χ1n) is 7.85. The van der Waals surface area contributed by atoms with E-state index in [2.05, 4.69) is 21.7 Å². The van der Waals surface area contributed by atoms with Crippen LogP contribution in [0.5, 0.6) is 0 Å². The Bertz CT molecular complexity index is 853. The van der Waals surface area contributed by atoms with Gasteiger partial charge in [0.25, 0.3) is 0 Å². The zero-order valence-corrected chi connectivity index (χ0v) is 15.2. The summed E-state index contributed by atoms with van der Waals surface area (Å²) in [6.07, 6.45) is 4.62. The van der Waals surface area contributed by atoms with Gasteiger partial charge >= 0.3 is 0 Å². The summed E-state index contributed by atoms with van der Waals surface area (Å²) in [4.78, 5) is 5.71. The molecule has 24 heavy (non-hydrogen) atoms. The molecule has 3 N–H and O–H groups in total. The minimum absolute atomic E-state index is 0.00701. The van der Waals surface area contributed by atoms with Crippen LogP contribution >= 0.6 is 22.9 Å². The van der Waals surface area contributed by atoms with Crippen LogP contribution in [0.15, 0.2) is 34.1 Å². The normalized spacial score (nSPS) is 13.0. The van der Waals surface area contributed by atoms with Crippen LogP contribution in [0.25, 0.3) is 17.2 Å². The quantitative estimate of drug-likeness (QED) is 0.601. The van der Waals surface area contributed by atoms with Crippen molar-refractivity contribution in [3.8, 4) is 0 Å². The zero-order valence-electron chi connectivity index (χ0n) is 13.7. The van der Waals surface area contributed by atoms with Gasteiger partial charge in [0.1, 0.15) is 16.4 Å². The average Bonchev–Trinajstić information content (AvgIpc) is 3.14. The molecule has 0 aliphatic heterocycles. The third-order valence-corrected chi connectivity index (χ3v) is 4.67. The summed E-state index contributed by atoms with van der Waals surface area (Å²) in [7, 11) is 0. The zero-order chi connectivity index (χ0) is 17.1. The molecule has 0 spiro atoms. The molecule has 3 aromatic rings. The molecular weight excluding hydrogens is 342 g/mol. The third kappa shape index (κ3) is 3.64. The SMILES string of the molecule is C/C=C\c1c(C[C@H](C)N)oc2c(NCc3cccs3)cc(Cl)nc12. The van der Waals surface area contributed by atoms with Gasteiger partial charge in [-0.15, -0.1) is 11.3 Å². The Balaban J connectivity index is 2.05. The van der Waals surface area contributed by atoms with E-state index in [9.17, 15) is 0 Å². The van der Waals surface area contributed by atoms with E-state index in [-0.39, 0.29) is 6.04 Å². The number of aromatic nitrogens is 1. The van der Waals surface area contributed by atoms with E-state index in [1.54, 1.807) is 17.4 Å². The van der Waals surface area contributed by atoms with Gasteiger partial charge in [-0.2, -0.15) is 0 Å². The molecule has 3 aromatic heterocycles. The number of furan rings is 1. The van der Waals surface area contributed by atoms with E-state index in [0.29, 0.717) is 11.6 Å². The number of hydrogen-bond donors (Lipinski definition) is 2. The Morgan fingerprint density at radius 2 is 2.33 bits per heavy atom. The summed E-state index contributed by atoms with van der Waals surface area (Å²) < 4.78 is 6.11. The second kappa shape index (κ2) is 7.38. The number of rotatable bonds is 6. The van der Waals surface area contributed by atoms with Crippen molar-refractivity contribution in [2.45, 2.75) is 32.9 Å². The average molecular weight is 362 g/mol. The van der Waals surface area contributed by atoms with Gasteiger partial charge in [-0.1, -0.05) is 29.8 Å². The second-order valence-corrected chi connectivity index (χ2v) is 7.14. The van der Waals surface area contributed by atoms with Crippen molar-refractivity contribution < 1.29 is 4.42 Å². The molecule has 3 heterocycles. The third-order valence-electron chi connectivity index (χ3n) is 3.60. The number of anilines is 1. The molecule has 0 saturated carbocycles. The molecule has 3 rings (SSSR count). The molecule has 0 fully saturated rings. The molecule has 0 bridgehead atoms. The molecule has 0 aliphatic rings. The van der Waals surface area contributed by atoms with Crippen molar-refractivity contribution in [3.63, 3.8) is 0 Å². The van der Waals surface area contributed by atoms with Gasteiger partial charge in [-0.05, 0) is 25.3 Å². The summed E-state index contributed by atoms with van der Waals surface area (Å²) >= 11 is 7.94. The van der Waals surface area contributed by atoms with Crippen molar-refractivity contribution in [2.24, 2.45) is 5.73 Å². The number of nitrogens with two attached hydrogens (primary N) is 1. The molecule has 4 nitrogen and oxygen atoms in total. The van der Waals surface area contributed by atoms with Gasteiger partial charge in [0.15, 0.2) is 5.58 Å². The molecule has 0 saturated heterocycles. The van der Waals surface area contributed by atoms with E-state index in [4.69, 9.17) is 21.8 Å². The van der Waals surface area contributed by atoms with Crippen molar-refractivity contribution in [1.29, 1.82) is 0 Å². The first-order valence-corrected chi connectivity index (χ1v) is 9.10. The maximum Gasteiger partial charge on any atom is 0.176 e. The van der Waals surface area contributed by atoms with E-state index >= 15 is 0 Å². The van der Waals surface area contributed by atoms with Crippen molar-refractivity contribution >= 4 is 45.8 Å². The van der Waals surface area contributed by atoms with Crippen molar-refractivity contribution in [3.05, 3.63) is 51.0 Å². The van der Waals surface area contributed by atoms with Crippen LogP contribution in [0.4, 0.5) is 5.69 Å². The van der Waals surface area contributed by atoms with Crippen LogP contribution in [0.2, 0.25) is 5.15 Å². The van der Waals surface area contributed by atoms with Gasteiger partial charge in [0.2, 0.25) is 0 Å². The number of thiophene rings is 1. The van der Waals surface area contributed by atoms with Crippen LogP contribution in [0.1, 0.15) is 30.0 Å². The summed E-state index contributed by atoms with van der Waals surface area (Å²) in [5, 5.41) is 5.90. The number of nitrogens with zero attached hydrogens (tertiary/aromatic N) is 1. The molecule has 0 aliphatic carbocycles. The highest BCUT2D eigenvalue weighted by Gasteiger charge is 2.18. The number of nitrogens with one attached hydrogen (secondary N) is 1. The van der Waals surface area contributed by atoms with Gasteiger partial charge in [0, 0.05) is 35.5 Å². The van der Waals surface area contributed by atoms with Gasteiger partial charge in [-0.3, -0.25) is 0 Å². The summed E-state index contributed by atoms with van der Waals surface area (Å²) in [6.45, 7) is 4.65. The molecule has 1 atom stereocenters. The standard InChI is InChI=1S/C18H20ClN3OS/c1-3-5-13-15(8-11(2)20)23-18-14(9-16(19)22-17(13)18)21-10-12-6-4-7-24-12/h3-7,9,11H,8,10,20H2,1-2H3,(H,21,22)/b5-3-/t11-/m0/s1. The fraction of sp³-hybridized carbons (Fsp3) is 0.278. The Hall–Kier alpha value is -1.82. The van der Waals surface area contributed by atoms with Crippen LogP contribution in [-0.4, -0.2) is 11.0 Å². The molecule has 0 radical (unpaired) electrons. The van der Waals surface area contributed by atoms with Crippen LogP contribution in [0, 0.1) is 0 Å². The second-order valence-electron chi connectivity index (χ2n) is 5.72. The Morgan fingerprint density at radius 1 is 1.50 bits per heavy atom. The Kier molecular flexibility index (Phi) is 5.23. The lowest BCUT2D eigenvalue weighted by Gasteiger charge is -2.06. The predicted molar refractivity (Wildman–Crippen MR) is 103 cm³/mol. The lowest BCUT2D eigenvalue weighted by Crippen LogP contribution is -2.17.